The van der Waals surface area contributed by atoms with Crippen molar-refractivity contribution in [1.82, 2.24) is 15.5 Å². The van der Waals surface area contributed by atoms with Gasteiger partial charge < -0.3 is 15.4 Å². The molecule has 2 heterocycles. The van der Waals surface area contributed by atoms with E-state index < -0.39 is 0 Å². The van der Waals surface area contributed by atoms with E-state index >= 15 is 0 Å². The van der Waals surface area contributed by atoms with Crippen LogP contribution in [-0.4, -0.2) is 49.0 Å². The zero-order valence-electron chi connectivity index (χ0n) is 21.1. The Morgan fingerprint density at radius 2 is 1.80 bits per heavy atom. The van der Waals surface area contributed by atoms with Gasteiger partial charge in [-0.25, -0.2) is 0 Å². The van der Waals surface area contributed by atoms with E-state index in [-0.39, 0.29) is 23.3 Å². The van der Waals surface area contributed by atoms with Gasteiger partial charge >= 0.3 is 0 Å². The number of hydrogen-bond acceptors (Lipinski definition) is 4. The van der Waals surface area contributed by atoms with E-state index in [9.17, 15) is 9.59 Å². The third-order valence-corrected chi connectivity index (χ3v) is 7.40. The van der Waals surface area contributed by atoms with Crippen molar-refractivity contribution in [2.45, 2.75) is 65.0 Å². The average molecular weight is 478 g/mol. The number of carbonyl (C=O) groups is 2. The zero-order chi connectivity index (χ0) is 24.7. The molecule has 1 fully saturated rings. The van der Waals surface area contributed by atoms with Gasteiger partial charge in [0.1, 0.15) is 12.4 Å². The summed E-state index contributed by atoms with van der Waals surface area (Å²) in [6.45, 7) is 7.84. The normalized spacial score (nSPS) is 22.2. The number of benzene rings is 2. The number of aryl methyl sites for hydroxylation is 1. The molecule has 0 bridgehead atoms. The first-order valence-electron chi connectivity index (χ1n) is 13.0. The van der Waals surface area contributed by atoms with Crippen molar-refractivity contribution in [2.24, 2.45) is 5.41 Å². The first kappa shape index (κ1) is 25.2. The first-order valence-corrected chi connectivity index (χ1v) is 13.0. The average Bonchev–Trinajstić information content (AvgIpc) is 2.85. The summed E-state index contributed by atoms with van der Waals surface area (Å²) in [6, 6.07) is 15.8. The molecule has 2 aliphatic heterocycles. The van der Waals surface area contributed by atoms with Crippen LogP contribution in [0.25, 0.3) is 0 Å². The molecule has 0 radical (unpaired) electrons. The maximum Gasteiger partial charge on any atom is 0.255 e. The van der Waals surface area contributed by atoms with Gasteiger partial charge in [-0.15, -0.1) is 0 Å². The molecule has 1 atom stereocenters. The van der Waals surface area contributed by atoms with Gasteiger partial charge in [-0.1, -0.05) is 54.8 Å². The second-order valence-electron chi connectivity index (χ2n) is 10.3. The predicted molar refractivity (Wildman–Crippen MR) is 138 cm³/mol. The molecule has 2 N–H and O–H groups in total. The molecule has 0 saturated carbocycles. The number of amides is 2. The van der Waals surface area contributed by atoms with Crippen molar-refractivity contribution in [1.29, 1.82) is 0 Å². The third kappa shape index (κ3) is 6.63. The Bertz CT molecular complexity index is 1010. The zero-order valence-corrected chi connectivity index (χ0v) is 21.1. The number of likely N-dealkylation sites (tertiary alicyclic amines) is 1. The number of carbonyl (C=O) groups excluding carboxylic acids is 2. The maximum atomic E-state index is 13.6. The van der Waals surface area contributed by atoms with Crippen LogP contribution >= 0.6 is 0 Å². The van der Waals surface area contributed by atoms with Gasteiger partial charge in [-0.2, -0.15) is 0 Å². The fourth-order valence-corrected chi connectivity index (χ4v) is 5.27. The van der Waals surface area contributed by atoms with E-state index in [2.05, 4.69) is 46.7 Å². The summed E-state index contributed by atoms with van der Waals surface area (Å²) in [6.07, 6.45) is 5.52. The molecule has 6 nitrogen and oxygen atoms in total. The van der Waals surface area contributed by atoms with Gasteiger partial charge in [-0.3, -0.25) is 14.5 Å². The molecule has 2 aromatic carbocycles. The second-order valence-corrected chi connectivity index (χ2v) is 10.3. The Kier molecular flexibility index (Phi) is 8.45. The van der Waals surface area contributed by atoms with Crippen molar-refractivity contribution in [3.05, 3.63) is 65.2 Å². The van der Waals surface area contributed by atoms with E-state index in [4.69, 9.17) is 4.74 Å². The summed E-state index contributed by atoms with van der Waals surface area (Å²) in [7, 11) is 0. The fraction of sp³-hybridized carbons (Fsp3) is 0.517. The van der Waals surface area contributed by atoms with E-state index in [1.54, 1.807) is 6.07 Å². The summed E-state index contributed by atoms with van der Waals surface area (Å²) >= 11 is 0. The van der Waals surface area contributed by atoms with Gasteiger partial charge in [0.15, 0.2) is 0 Å². The lowest BCUT2D eigenvalue weighted by molar-refractivity contribution is -0.135. The number of para-hydroxylation sites is 1. The summed E-state index contributed by atoms with van der Waals surface area (Å²) in [5, 5.41) is 6.26. The number of fused-ring (bicyclic) bond motifs is 1. The molecule has 0 aromatic heterocycles. The maximum absolute atomic E-state index is 13.6. The van der Waals surface area contributed by atoms with Crippen LogP contribution in [0.3, 0.4) is 0 Å². The molecule has 4 rings (SSSR count). The number of rotatable bonds is 2. The van der Waals surface area contributed by atoms with Gasteiger partial charge in [0.2, 0.25) is 5.91 Å². The monoisotopic (exact) mass is 477 g/mol. The van der Waals surface area contributed by atoms with Crippen molar-refractivity contribution < 1.29 is 14.3 Å². The number of piperidine rings is 1. The molecule has 0 unspecified atom stereocenters. The molecule has 35 heavy (non-hydrogen) atoms. The minimum atomic E-state index is -0.335. The number of ether oxygens (including phenoxy) is 1. The molecule has 1 saturated heterocycles. The highest BCUT2D eigenvalue weighted by atomic mass is 16.5. The quantitative estimate of drug-likeness (QED) is 0.670. The molecular formula is C29H39N3O3. The van der Waals surface area contributed by atoms with Crippen LogP contribution in [0.15, 0.2) is 48.5 Å². The molecule has 188 valence electrons. The Morgan fingerprint density at radius 1 is 1.00 bits per heavy atom. The standard InChI is InChI=1S/C29H39N3O3/c1-22-9-8-10-24(19-22)20-32-17-14-29(15-18-32)13-6-3-7-16-30-27(33)25-11-4-5-12-26(25)35-21-23(2)31-28(29)34/h4-5,8-12,19,23H,3,6-7,13-18,20-21H2,1-2H3,(H,30,33)(H,31,34)/t23-/m0/s1. The highest BCUT2D eigenvalue weighted by molar-refractivity contribution is 5.96. The van der Waals surface area contributed by atoms with E-state index in [0.29, 0.717) is 24.5 Å². The van der Waals surface area contributed by atoms with Crippen molar-refractivity contribution in [3.8, 4) is 5.75 Å². The second kappa shape index (κ2) is 11.7. The molecular weight excluding hydrogens is 438 g/mol. The van der Waals surface area contributed by atoms with Crippen LogP contribution in [0.2, 0.25) is 0 Å². The van der Waals surface area contributed by atoms with Crippen molar-refractivity contribution in [2.75, 3.05) is 26.2 Å². The predicted octanol–water partition coefficient (Wildman–Crippen LogP) is 4.46. The van der Waals surface area contributed by atoms with Crippen molar-refractivity contribution >= 4 is 11.8 Å². The minimum absolute atomic E-state index is 0.107. The Morgan fingerprint density at radius 3 is 2.60 bits per heavy atom. The van der Waals surface area contributed by atoms with E-state index in [0.717, 1.165) is 58.2 Å². The summed E-state index contributed by atoms with van der Waals surface area (Å²) in [4.78, 5) is 28.7. The Balaban J connectivity index is 1.42. The van der Waals surface area contributed by atoms with Crippen LogP contribution in [0, 0.1) is 12.3 Å². The van der Waals surface area contributed by atoms with Gasteiger partial charge in [0.05, 0.1) is 17.0 Å². The van der Waals surface area contributed by atoms with Gasteiger partial charge in [0, 0.05) is 13.1 Å². The van der Waals surface area contributed by atoms with Crippen LogP contribution in [0.4, 0.5) is 0 Å². The Labute approximate surface area is 209 Å². The molecule has 2 aliphatic rings. The lowest BCUT2D eigenvalue weighted by atomic mass is 9.73. The Hall–Kier alpha value is -2.86. The number of hydrogen-bond donors (Lipinski definition) is 2. The number of nitrogens with one attached hydrogen (secondary N) is 2. The summed E-state index contributed by atoms with van der Waals surface area (Å²) < 4.78 is 5.98. The highest BCUT2D eigenvalue weighted by Crippen LogP contribution is 2.38. The van der Waals surface area contributed by atoms with Crippen molar-refractivity contribution in [3.63, 3.8) is 0 Å². The topological polar surface area (TPSA) is 70.7 Å². The smallest absolute Gasteiger partial charge is 0.255 e. The van der Waals surface area contributed by atoms with Crippen LogP contribution in [0.5, 0.6) is 5.75 Å². The lowest BCUT2D eigenvalue weighted by Crippen LogP contribution is -2.51. The highest BCUT2D eigenvalue weighted by Gasteiger charge is 2.41. The lowest BCUT2D eigenvalue weighted by Gasteiger charge is -2.41. The van der Waals surface area contributed by atoms with Crippen LogP contribution < -0.4 is 15.4 Å². The fourth-order valence-electron chi connectivity index (χ4n) is 5.27. The van der Waals surface area contributed by atoms with Crippen LogP contribution in [-0.2, 0) is 11.3 Å². The molecule has 6 heteroatoms. The third-order valence-electron chi connectivity index (χ3n) is 7.40. The van der Waals surface area contributed by atoms with E-state index in [1.807, 2.05) is 25.1 Å². The van der Waals surface area contributed by atoms with Gasteiger partial charge in [0.25, 0.3) is 5.91 Å². The molecule has 0 aliphatic carbocycles. The summed E-state index contributed by atoms with van der Waals surface area (Å²) in [5.74, 6) is 0.603. The van der Waals surface area contributed by atoms with E-state index in [1.165, 1.54) is 11.1 Å². The number of nitrogens with zero attached hydrogens (tertiary/aromatic N) is 1. The molecule has 2 amide bonds. The largest absolute Gasteiger partial charge is 0.491 e. The molecule has 1 spiro atoms. The van der Waals surface area contributed by atoms with Gasteiger partial charge in [-0.05, 0) is 70.3 Å². The van der Waals surface area contributed by atoms with Crippen LogP contribution in [0.1, 0.15) is 66.9 Å². The first-order chi connectivity index (χ1) is 16.9. The summed E-state index contributed by atoms with van der Waals surface area (Å²) in [5.41, 5.74) is 2.82. The SMILES string of the molecule is Cc1cccc(CN2CCC3(CCCCCNC(=O)c4ccccc4OC[C@H](C)NC3=O)CC2)c1. The molecule has 2 aromatic rings. The minimum Gasteiger partial charge on any atom is -0.491 e.